The van der Waals surface area contributed by atoms with E-state index in [-0.39, 0.29) is 0 Å². The first-order valence-corrected chi connectivity index (χ1v) is 3.83. The van der Waals surface area contributed by atoms with Crippen LogP contribution in [0.3, 0.4) is 0 Å². The molecular formula is C8H14N2. The third-order valence-electron chi connectivity index (χ3n) is 1.71. The maximum Gasteiger partial charge on any atom is 0.0519 e. The van der Waals surface area contributed by atoms with Gasteiger partial charge in [0.25, 0.3) is 0 Å². The molecule has 2 heteroatoms. The van der Waals surface area contributed by atoms with Crippen LogP contribution in [0, 0.1) is 6.92 Å². The highest BCUT2D eigenvalue weighted by molar-refractivity contribution is 5.13. The number of hydrogen-bond acceptors (Lipinski definition) is 1. The lowest BCUT2D eigenvalue weighted by Crippen LogP contribution is -1.86. The van der Waals surface area contributed by atoms with E-state index in [1.54, 1.807) is 0 Å². The van der Waals surface area contributed by atoms with Gasteiger partial charge in [0, 0.05) is 5.69 Å². The summed E-state index contributed by atoms with van der Waals surface area (Å²) in [5.41, 5.74) is 2.58. The lowest BCUT2D eigenvalue weighted by Gasteiger charge is -1.94. The molecule has 2 nitrogen and oxygen atoms in total. The second-order valence-electron chi connectivity index (χ2n) is 2.64. The van der Waals surface area contributed by atoms with Crippen molar-refractivity contribution in [3.63, 3.8) is 0 Å². The molecule has 0 radical (unpaired) electrons. The summed E-state index contributed by atoms with van der Waals surface area (Å²) in [5.74, 6) is 0. The van der Waals surface area contributed by atoms with Gasteiger partial charge in [-0.3, -0.25) is 5.10 Å². The van der Waals surface area contributed by atoms with Gasteiger partial charge in [-0.15, -0.1) is 0 Å². The predicted molar refractivity (Wildman–Crippen MR) is 41.9 cm³/mol. The van der Waals surface area contributed by atoms with Crippen LogP contribution in [-0.2, 0) is 6.42 Å². The Bertz CT molecular complexity index is 191. The molecular weight excluding hydrogens is 124 g/mol. The van der Waals surface area contributed by atoms with Gasteiger partial charge in [0.05, 0.1) is 6.20 Å². The van der Waals surface area contributed by atoms with E-state index in [0.717, 1.165) is 6.42 Å². The fourth-order valence-electron chi connectivity index (χ4n) is 0.980. The maximum atomic E-state index is 3.95. The molecule has 0 saturated carbocycles. The topological polar surface area (TPSA) is 28.7 Å². The average Bonchev–Trinajstić information content (AvgIpc) is 2.31. The lowest BCUT2D eigenvalue weighted by atomic mass is 10.1. The number of aromatic nitrogens is 2. The van der Waals surface area contributed by atoms with Gasteiger partial charge in [-0.05, 0) is 25.3 Å². The van der Waals surface area contributed by atoms with Gasteiger partial charge in [-0.25, -0.2) is 0 Å². The van der Waals surface area contributed by atoms with Crippen molar-refractivity contribution in [2.45, 2.75) is 33.1 Å². The number of aryl methyl sites for hydroxylation is 2. The number of hydrogen-bond donors (Lipinski definition) is 1. The Kier molecular flexibility index (Phi) is 2.49. The summed E-state index contributed by atoms with van der Waals surface area (Å²) in [7, 11) is 0. The minimum absolute atomic E-state index is 1.14. The number of H-pyrrole nitrogens is 1. The van der Waals surface area contributed by atoms with Crippen LogP contribution in [0.25, 0.3) is 0 Å². The van der Waals surface area contributed by atoms with Gasteiger partial charge in [0.15, 0.2) is 0 Å². The molecule has 1 aromatic rings. The molecule has 1 rings (SSSR count). The molecule has 0 aliphatic rings. The normalized spacial score (nSPS) is 10.2. The van der Waals surface area contributed by atoms with Gasteiger partial charge in [0.2, 0.25) is 0 Å². The van der Waals surface area contributed by atoms with Crippen molar-refractivity contribution in [1.82, 2.24) is 10.2 Å². The predicted octanol–water partition coefficient (Wildman–Crippen LogP) is 2.06. The number of aromatic amines is 1. The van der Waals surface area contributed by atoms with Gasteiger partial charge < -0.3 is 0 Å². The fraction of sp³-hybridized carbons (Fsp3) is 0.625. The monoisotopic (exact) mass is 138 g/mol. The Hall–Kier alpha value is -0.790. The Labute approximate surface area is 61.7 Å². The summed E-state index contributed by atoms with van der Waals surface area (Å²) in [6.07, 6.45) is 5.52. The molecule has 56 valence electrons. The summed E-state index contributed by atoms with van der Waals surface area (Å²) >= 11 is 0. The second kappa shape index (κ2) is 3.40. The van der Waals surface area contributed by atoms with E-state index in [0.29, 0.717) is 0 Å². The first-order chi connectivity index (χ1) is 4.84. The average molecular weight is 138 g/mol. The van der Waals surface area contributed by atoms with E-state index in [1.807, 2.05) is 6.20 Å². The van der Waals surface area contributed by atoms with E-state index in [9.17, 15) is 0 Å². The number of rotatable bonds is 3. The fourth-order valence-corrected chi connectivity index (χ4v) is 0.980. The van der Waals surface area contributed by atoms with Crippen molar-refractivity contribution in [3.05, 3.63) is 17.5 Å². The quantitative estimate of drug-likeness (QED) is 0.680. The van der Waals surface area contributed by atoms with Crippen molar-refractivity contribution in [1.29, 1.82) is 0 Å². The molecule has 0 unspecified atom stereocenters. The minimum atomic E-state index is 1.14. The van der Waals surface area contributed by atoms with Gasteiger partial charge in [-0.2, -0.15) is 5.10 Å². The Morgan fingerprint density at radius 3 is 2.90 bits per heavy atom. The van der Waals surface area contributed by atoms with Crippen molar-refractivity contribution in [2.24, 2.45) is 0 Å². The van der Waals surface area contributed by atoms with Crippen molar-refractivity contribution < 1.29 is 0 Å². The molecule has 0 aromatic carbocycles. The van der Waals surface area contributed by atoms with E-state index in [2.05, 4.69) is 24.0 Å². The number of unbranched alkanes of at least 4 members (excludes halogenated alkanes) is 1. The first-order valence-electron chi connectivity index (χ1n) is 3.83. The third-order valence-corrected chi connectivity index (χ3v) is 1.71. The lowest BCUT2D eigenvalue weighted by molar-refractivity contribution is 0.768. The number of nitrogens with zero attached hydrogens (tertiary/aromatic N) is 1. The van der Waals surface area contributed by atoms with Gasteiger partial charge in [-0.1, -0.05) is 13.3 Å². The van der Waals surface area contributed by atoms with Crippen LogP contribution in [0.4, 0.5) is 0 Å². The van der Waals surface area contributed by atoms with Crippen LogP contribution in [0.15, 0.2) is 6.20 Å². The highest BCUT2D eigenvalue weighted by Crippen LogP contribution is 2.05. The summed E-state index contributed by atoms with van der Waals surface area (Å²) in [4.78, 5) is 0. The molecule has 0 saturated heterocycles. The van der Waals surface area contributed by atoms with Crippen molar-refractivity contribution >= 4 is 0 Å². The van der Waals surface area contributed by atoms with E-state index < -0.39 is 0 Å². The molecule has 0 amide bonds. The SMILES string of the molecule is CCCCc1[nH]ncc1C. The molecule has 1 heterocycles. The van der Waals surface area contributed by atoms with Gasteiger partial charge in [0.1, 0.15) is 0 Å². The molecule has 0 atom stereocenters. The molecule has 10 heavy (non-hydrogen) atoms. The third kappa shape index (κ3) is 1.59. The Morgan fingerprint density at radius 1 is 1.60 bits per heavy atom. The van der Waals surface area contributed by atoms with Gasteiger partial charge >= 0.3 is 0 Å². The number of nitrogens with one attached hydrogen (secondary N) is 1. The van der Waals surface area contributed by atoms with Crippen LogP contribution in [0.1, 0.15) is 31.0 Å². The minimum Gasteiger partial charge on any atom is -0.282 e. The molecule has 1 aromatic heterocycles. The Morgan fingerprint density at radius 2 is 2.40 bits per heavy atom. The largest absolute Gasteiger partial charge is 0.282 e. The molecule has 0 aliphatic heterocycles. The second-order valence-corrected chi connectivity index (χ2v) is 2.64. The molecule has 0 fully saturated rings. The first kappa shape index (κ1) is 7.32. The van der Waals surface area contributed by atoms with E-state index >= 15 is 0 Å². The molecule has 1 N–H and O–H groups in total. The summed E-state index contributed by atoms with van der Waals surface area (Å²) in [5, 5.41) is 6.94. The summed E-state index contributed by atoms with van der Waals surface area (Å²) in [6, 6.07) is 0. The van der Waals surface area contributed by atoms with E-state index in [1.165, 1.54) is 24.1 Å². The zero-order chi connectivity index (χ0) is 7.40. The zero-order valence-corrected chi connectivity index (χ0v) is 6.65. The summed E-state index contributed by atoms with van der Waals surface area (Å²) in [6.45, 7) is 4.29. The van der Waals surface area contributed by atoms with Crippen molar-refractivity contribution in [3.8, 4) is 0 Å². The van der Waals surface area contributed by atoms with Crippen LogP contribution in [0.2, 0.25) is 0 Å². The van der Waals surface area contributed by atoms with Crippen LogP contribution in [-0.4, -0.2) is 10.2 Å². The molecule has 0 spiro atoms. The molecule has 0 aliphatic carbocycles. The van der Waals surface area contributed by atoms with Crippen LogP contribution < -0.4 is 0 Å². The molecule has 0 bridgehead atoms. The standard InChI is InChI=1S/C8H14N2/c1-3-4-5-8-7(2)6-9-10-8/h6H,3-5H2,1-2H3,(H,9,10). The van der Waals surface area contributed by atoms with E-state index in [4.69, 9.17) is 0 Å². The zero-order valence-electron chi connectivity index (χ0n) is 6.65. The van der Waals surface area contributed by atoms with Crippen molar-refractivity contribution in [2.75, 3.05) is 0 Å². The highest BCUT2D eigenvalue weighted by Gasteiger charge is 1.97. The van der Waals surface area contributed by atoms with Crippen LogP contribution in [0.5, 0.6) is 0 Å². The smallest absolute Gasteiger partial charge is 0.0519 e. The highest BCUT2D eigenvalue weighted by atomic mass is 15.1. The Balaban J connectivity index is 2.49. The van der Waals surface area contributed by atoms with Crippen LogP contribution >= 0.6 is 0 Å². The maximum absolute atomic E-state index is 3.95. The summed E-state index contributed by atoms with van der Waals surface area (Å²) < 4.78 is 0.